The molecule has 1 N–H and O–H groups in total. The zero-order valence-corrected chi connectivity index (χ0v) is 21.6. The van der Waals surface area contributed by atoms with Gasteiger partial charge in [-0.15, -0.1) is 0 Å². The van der Waals surface area contributed by atoms with Crippen LogP contribution in [0.2, 0.25) is 5.02 Å². The lowest BCUT2D eigenvalue weighted by Gasteiger charge is -2.31. The molecule has 2 aliphatic heterocycles. The van der Waals surface area contributed by atoms with Crippen LogP contribution >= 0.6 is 11.6 Å². The van der Waals surface area contributed by atoms with E-state index < -0.39 is 11.8 Å². The third-order valence-corrected chi connectivity index (χ3v) is 7.80. The van der Waals surface area contributed by atoms with Crippen LogP contribution in [0.1, 0.15) is 36.1 Å². The Morgan fingerprint density at radius 3 is 2.38 bits per heavy atom. The van der Waals surface area contributed by atoms with Crippen molar-refractivity contribution in [2.45, 2.75) is 45.2 Å². The summed E-state index contributed by atoms with van der Waals surface area (Å²) < 4.78 is 2.26. The average Bonchev–Trinajstić information content (AvgIpc) is 3.16. The van der Waals surface area contributed by atoms with Gasteiger partial charge in [-0.3, -0.25) is 9.47 Å². The lowest BCUT2D eigenvalue weighted by molar-refractivity contribution is 0.0673. The van der Waals surface area contributed by atoms with Crippen molar-refractivity contribution in [3.05, 3.63) is 86.9 Å². The summed E-state index contributed by atoms with van der Waals surface area (Å²) in [6.07, 6.45) is 4.08. The second-order valence-corrected chi connectivity index (χ2v) is 10.4. The number of carbonyl (C=O) groups excluding carboxylic acids is 1. The molecule has 0 atom stereocenters. The van der Waals surface area contributed by atoms with E-state index in [4.69, 9.17) is 16.4 Å². The highest BCUT2D eigenvalue weighted by Crippen LogP contribution is 2.24. The first-order chi connectivity index (χ1) is 18.0. The Labute approximate surface area is 221 Å². The number of benzene rings is 2. The van der Waals surface area contributed by atoms with Crippen LogP contribution in [0.4, 0.5) is 4.79 Å². The maximum absolute atomic E-state index is 12.9. The lowest BCUT2D eigenvalue weighted by Crippen LogP contribution is -2.45. The van der Waals surface area contributed by atoms with E-state index in [1.165, 1.54) is 15.7 Å². The van der Waals surface area contributed by atoms with Crippen LogP contribution in [0.5, 0.6) is 5.88 Å². The van der Waals surface area contributed by atoms with Gasteiger partial charge in [0.15, 0.2) is 0 Å². The molecule has 1 amide bonds. The summed E-state index contributed by atoms with van der Waals surface area (Å²) in [6, 6.07) is 18.2. The van der Waals surface area contributed by atoms with Gasteiger partial charge in [0.05, 0.1) is 0 Å². The average molecular weight is 525 g/mol. The maximum atomic E-state index is 12.9. The second-order valence-electron chi connectivity index (χ2n) is 9.96. The Bertz CT molecular complexity index is 1260. The monoisotopic (exact) mass is 524 g/mol. The third-order valence-electron chi connectivity index (χ3n) is 7.55. The summed E-state index contributed by atoms with van der Waals surface area (Å²) >= 11 is 5.96. The standard InChI is InChI=1S/C28H33ClN4O4/c29-24-10-8-22(9-11-24)6-7-23-13-16-31(17-14-23)28(36)37-33-26(34)25-20-30(18-19-32(25)27(33)35)15-12-21-4-2-1-3-5-21/h1-5,8-11,23,34H,6-7,12-20H2. The first-order valence-electron chi connectivity index (χ1n) is 13.0. The van der Waals surface area contributed by atoms with E-state index in [1.807, 2.05) is 30.3 Å². The Morgan fingerprint density at radius 1 is 0.946 bits per heavy atom. The van der Waals surface area contributed by atoms with Crippen LogP contribution < -0.4 is 10.5 Å². The Morgan fingerprint density at radius 2 is 1.65 bits per heavy atom. The van der Waals surface area contributed by atoms with E-state index in [0.717, 1.165) is 48.4 Å². The molecule has 0 aliphatic carbocycles. The Balaban J connectivity index is 1.13. The number of hydrogen-bond donors (Lipinski definition) is 1. The van der Waals surface area contributed by atoms with Gasteiger partial charge in [0.25, 0.3) is 5.88 Å². The van der Waals surface area contributed by atoms with Crippen molar-refractivity contribution in [1.82, 2.24) is 19.1 Å². The number of fused-ring (bicyclic) bond motifs is 1. The number of likely N-dealkylation sites (tertiary alicyclic amines) is 1. The molecule has 2 aliphatic rings. The minimum atomic E-state index is -0.600. The smallest absolute Gasteiger partial charge is 0.434 e. The van der Waals surface area contributed by atoms with E-state index >= 15 is 0 Å². The molecule has 2 aromatic carbocycles. The van der Waals surface area contributed by atoms with Crippen LogP contribution in [0, 0.1) is 5.92 Å². The lowest BCUT2D eigenvalue weighted by atomic mass is 9.91. The number of rotatable bonds is 7. The number of imidazole rings is 1. The molecule has 0 spiro atoms. The van der Waals surface area contributed by atoms with Crippen molar-refractivity contribution in [3.8, 4) is 5.88 Å². The Hall–Kier alpha value is -3.23. The fourth-order valence-electron chi connectivity index (χ4n) is 5.24. The highest BCUT2D eigenvalue weighted by molar-refractivity contribution is 6.30. The zero-order chi connectivity index (χ0) is 25.8. The first kappa shape index (κ1) is 25.4. The number of aryl methyl sites for hydroxylation is 1. The molecule has 9 heteroatoms. The second kappa shape index (κ2) is 11.4. The molecule has 37 heavy (non-hydrogen) atoms. The van der Waals surface area contributed by atoms with Crippen molar-refractivity contribution in [1.29, 1.82) is 0 Å². The van der Waals surface area contributed by atoms with Gasteiger partial charge in [-0.2, -0.15) is 0 Å². The summed E-state index contributed by atoms with van der Waals surface area (Å²) in [5, 5.41) is 11.5. The fraction of sp³-hybridized carbons (Fsp3) is 0.429. The number of halogens is 1. The fourth-order valence-corrected chi connectivity index (χ4v) is 5.37. The number of hydrogen-bond acceptors (Lipinski definition) is 5. The van der Waals surface area contributed by atoms with Gasteiger partial charge in [-0.05, 0) is 61.3 Å². The van der Waals surface area contributed by atoms with Crippen molar-refractivity contribution in [2.75, 3.05) is 26.2 Å². The highest BCUT2D eigenvalue weighted by Gasteiger charge is 2.30. The van der Waals surface area contributed by atoms with Crippen molar-refractivity contribution in [3.63, 3.8) is 0 Å². The molecule has 8 nitrogen and oxygen atoms in total. The van der Waals surface area contributed by atoms with Gasteiger partial charge >= 0.3 is 11.8 Å². The number of piperidine rings is 1. The highest BCUT2D eigenvalue weighted by atomic mass is 35.5. The molecule has 1 fully saturated rings. The third kappa shape index (κ3) is 6.02. The minimum Gasteiger partial charge on any atom is -0.491 e. The van der Waals surface area contributed by atoms with Crippen LogP contribution in [0.15, 0.2) is 59.4 Å². The summed E-state index contributed by atoms with van der Waals surface area (Å²) in [7, 11) is 0. The molecule has 3 heterocycles. The topological polar surface area (TPSA) is 79.9 Å². The predicted molar refractivity (Wildman–Crippen MR) is 142 cm³/mol. The van der Waals surface area contributed by atoms with E-state index in [2.05, 4.69) is 29.2 Å². The minimum absolute atomic E-state index is 0.291. The summed E-state index contributed by atoms with van der Waals surface area (Å²) in [4.78, 5) is 34.9. The zero-order valence-electron chi connectivity index (χ0n) is 20.9. The number of nitrogens with zero attached hydrogens (tertiary/aromatic N) is 4. The molecule has 0 bridgehead atoms. The number of carbonyl (C=O) groups is 1. The van der Waals surface area contributed by atoms with Crippen LogP contribution in [-0.2, 0) is 25.9 Å². The molecule has 0 unspecified atom stereocenters. The molecule has 1 aromatic heterocycles. The van der Waals surface area contributed by atoms with E-state index in [9.17, 15) is 14.7 Å². The first-order valence-corrected chi connectivity index (χ1v) is 13.4. The SMILES string of the molecule is O=C(On1c(O)c2n(c1=O)CCN(CCc1ccccc1)C2)N1CCC(CCc2ccc(Cl)cc2)CC1. The van der Waals surface area contributed by atoms with Gasteiger partial charge in [0.1, 0.15) is 5.69 Å². The van der Waals surface area contributed by atoms with Crippen LogP contribution in [0.3, 0.4) is 0 Å². The van der Waals surface area contributed by atoms with E-state index in [-0.39, 0.29) is 5.88 Å². The molecule has 5 rings (SSSR count). The predicted octanol–water partition coefficient (Wildman–Crippen LogP) is 3.96. The van der Waals surface area contributed by atoms with Crippen molar-refractivity contribution in [2.24, 2.45) is 5.92 Å². The molecular weight excluding hydrogens is 492 g/mol. The van der Waals surface area contributed by atoms with Gasteiger partial charge < -0.3 is 14.8 Å². The maximum Gasteiger partial charge on any atom is 0.434 e. The molecule has 3 aromatic rings. The molecular formula is C28H33ClN4O4. The summed E-state index contributed by atoms with van der Waals surface area (Å²) in [5.74, 6) is 0.236. The Kier molecular flexibility index (Phi) is 7.86. The van der Waals surface area contributed by atoms with Gasteiger partial charge in [0.2, 0.25) is 0 Å². The van der Waals surface area contributed by atoms with Gasteiger partial charge in [-0.25, -0.2) is 9.59 Å². The van der Waals surface area contributed by atoms with E-state index in [0.29, 0.717) is 44.3 Å². The number of amides is 1. The quantitative estimate of drug-likeness (QED) is 0.506. The normalized spacial score (nSPS) is 16.5. The molecule has 0 radical (unpaired) electrons. The number of aromatic hydroxyl groups is 1. The molecule has 0 saturated carbocycles. The summed E-state index contributed by atoms with van der Waals surface area (Å²) in [6.45, 7) is 3.52. The van der Waals surface area contributed by atoms with Crippen LogP contribution in [0.25, 0.3) is 0 Å². The summed E-state index contributed by atoms with van der Waals surface area (Å²) in [5.41, 5.74) is 2.48. The van der Waals surface area contributed by atoms with Gasteiger partial charge in [-0.1, -0.05) is 58.8 Å². The molecule has 1 saturated heterocycles. The van der Waals surface area contributed by atoms with Crippen molar-refractivity contribution >= 4 is 17.7 Å². The number of aromatic nitrogens is 2. The van der Waals surface area contributed by atoms with Gasteiger partial charge in [0, 0.05) is 44.3 Å². The van der Waals surface area contributed by atoms with Crippen molar-refractivity contribution < 1.29 is 14.7 Å². The van der Waals surface area contributed by atoms with E-state index in [1.54, 1.807) is 4.90 Å². The molecule has 196 valence electrons. The largest absolute Gasteiger partial charge is 0.491 e. The van der Waals surface area contributed by atoms with Crippen LogP contribution in [-0.4, -0.2) is 56.5 Å².